The number of ether oxygens (including phenoxy) is 2. The van der Waals surface area contributed by atoms with Gasteiger partial charge in [-0.1, -0.05) is 47.5 Å². The van der Waals surface area contributed by atoms with Crippen molar-refractivity contribution in [1.82, 2.24) is 4.90 Å². The highest BCUT2D eigenvalue weighted by atomic mass is 79.9. The number of halogens is 2. The van der Waals surface area contributed by atoms with Crippen molar-refractivity contribution in [1.29, 1.82) is 0 Å². The molecule has 0 N–H and O–H groups in total. The number of hydrogen-bond donors (Lipinski definition) is 0. The molecule has 0 radical (unpaired) electrons. The highest BCUT2D eigenvalue weighted by Gasteiger charge is 2.34. The van der Waals surface area contributed by atoms with Gasteiger partial charge in [-0.3, -0.25) is 14.5 Å². The van der Waals surface area contributed by atoms with Crippen LogP contribution in [0.4, 0.5) is 4.79 Å². The predicted octanol–water partition coefficient (Wildman–Crippen LogP) is 7.52. The number of imide groups is 1. The second kappa shape index (κ2) is 11.5. The van der Waals surface area contributed by atoms with Crippen LogP contribution >= 0.6 is 43.6 Å². The molecule has 0 unspecified atom stereocenters. The molecule has 8 heteroatoms. The molecule has 3 aromatic rings. The largest absolute Gasteiger partial charge is 0.492 e. The van der Waals surface area contributed by atoms with E-state index in [1.54, 1.807) is 6.08 Å². The zero-order chi connectivity index (χ0) is 24.9. The van der Waals surface area contributed by atoms with E-state index in [1.165, 1.54) is 10.5 Å². The van der Waals surface area contributed by atoms with Crippen LogP contribution in [0.25, 0.3) is 6.08 Å². The number of aryl methyl sites for hydroxylation is 2. The van der Waals surface area contributed by atoms with Gasteiger partial charge in [-0.15, -0.1) is 0 Å². The lowest BCUT2D eigenvalue weighted by Gasteiger charge is -2.13. The Labute approximate surface area is 225 Å². The molecule has 0 aromatic heterocycles. The molecule has 0 saturated carbocycles. The molecule has 0 atom stereocenters. The highest BCUT2D eigenvalue weighted by molar-refractivity contribution is 9.11. The van der Waals surface area contributed by atoms with Crippen molar-refractivity contribution in [2.45, 2.75) is 20.5 Å². The van der Waals surface area contributed by atoms with Gasteiger partial charge in [0.05, 0.1) is 20.4 Å². The lowest BCUT2D eigenvalue weighted by Crippen LogP contribution is -2.32. The minimum atomic E-state index is -0.320. The summed E-state index contributed by atoms with van der Waals surface area (Å²) in [6.45, 7) is 4.90. The molecule has 4 rings (SSSR count). The Morgan fingerprint density at radius 1 is 0.914 bits per heavy atom. The van der Waals surface area contributed by atoms with Crippen molar-refractivity contribution in [3.05, 3.63) is 96.8 Å². The molecule has 1 saturated heterocycles. The Morgan fingerprint density at radius 2 is 1.63 bits per heavy atom. The van der Waals surface area contributed by atoms with E-state index >= 15 is 0 Å². The average molecular weight is 617 g/mol. The zero-order valence-corrected chi connectivity index (χ0v) is 23.2. The number of amides is 2. The standard InChI is InChI=1S/C27H23Br2NO4S/c1-17-6-8-21(9-7-17)33-11-10-30-26(31)24(35-27(30)32)15-20-13-22(28)25(23(29)14-20)34-16-19-5-3-4-18(2)12-19/h3-9,12-15H,10-11,16H2,1-2H3/b24-15-. The summed E-state index contributed by atoms with van der Waals surface area (Å²) in [5.74, 6) is 1.06. The fourth-order valence-electron chi connectivity index (χ4n) is 3.49. The molecule has 0 spiro atoms. The van der Waals surface area contributed by atoms with Gasteiger partial charge >= 0.3 is 0 Å². The van der Waals surface area contributed by atoms with Gasteiger partial charge in [0, 0.05) is 0 Å². The molecule has 1 fully saturated rings. The summed E-state index contributed by atoms with van der Waals surface area (Å²) in [4.78, 5) is 26.9. The molecule has 3 aromatic carbocycles. The molecule has 180 valence electrons. The first kappa shape index (κ1) is 25.5. The van der Waals surface area contributed by atoms with Gasteiger partial charge in [-0.25, -0.2) is 0 Å². The Bertz CT molecular complexity index is 1270. The summed E-state index contributed by atoms with van der Waals surface area (Å²) in [6.07, 6.45) is 1.71. The van der Waals surface area contributed by atoms with E-state index in [1.807, 2.05) is 68.4 Å². The van der Waals surface area contributed by atoms with Gasteiger partial charge in [0.15, 0.2) is 0 Å². The summed E-state index contributed by atoms with van der Waals surface area (Å²) in [7, 11) is 0. The van der Waals surface area contributed by atoms with Gasteiger partial charge < -0.3 is 9.47 Å². The third-order valence-corrected chi connectivity index (χ3v) is 7.35. The maximum Gasteiger partial charge on any atom is 0.293 e. The van der Waals surface area contributed by atoms with E-state index in [0.717, 1.165) is 37.4 Å². The number of rotatable bonds is 8. The number of nitrogens with zero attached hydrogens (tertiary/aromatic N) is 1. The first-order valence-electron chi connectivity index (χ1n) is 10.9. The molecular weight excluding hydrogens is 594 g/mol. The molecule has 2 amide bonds. The first-order valence-corrected chi connectivity index (χ1v) is 13.3. The van der Waals surface area contributed by atoms with Crippen LogP contribution in [-0.2, 0) is 11.4 Å². The quantitative estimate of drug-likeness (QED) is 0.245. The van der Waals surface area contributed by atoms with Crippen molar-refractivity contribution in [3.8, 4) is 11.5 Å². The van der Waals surface area contributed by atoms with Crippen molar-refractivity contribution in [2.24, 2.45) is 0 Å². The van der Waals surface area contributed by atoms with E-state index in [-0.39, 0.29) is 24.3 Å². The van der Waals surface area contributed by atoms with Crippen molar-refractivity contribution in [3.63, 3.8) is 0 Å². The first-order chi connectivity index (χ1) is 16.8. The van der Waals surface area contributed by atoms with Gasteiger partial charge in [-0.2, -0.15) is 0 Å². The van der Waals surface area contributed by atoms with Crippen LogP contribution < -0.4 is 9.47 Å². The van der Waals surface area contributed by atoms with Crippen LogP contribution in [-0.4, -0.2) is 29.2 Å². The SMILES string of the molecule is Cc1ccc(OCCN2C(=O)S/C(=C\c3cc(Br)c(OCc4cccc(C)c4)c(Br)c3)C2=O)cc1. The monoisotopic (exact) mass is 615 g/mol. The molecule has 1 aliphatic rings. The fraction of sp³-hybridized carbons (Fsp3) is 0.185. The normalized spacial score (nSPS) is 14.6. The Hall–Kier alpha value is -2.55. The zero-order valence-electron chi connectivity index (χ0n) is 19.2. The average Bonchev–Trinajstić information content (AvgIpc) is 3.07. The van der Waals surface area contributed by atoms with E-state index in [4.69, 9.17) is 9.47 Å². The number of carbonyl (C=O) groups is 2. The minimum absolute atomic E-state index is 0.189. The van der Waals surface area contributed by atoms with Crippen molar-refractivity contribution >= 4 is 60.8 Å². The third-order valence-electron chi connectivity index (χ3n) is 5.26. The van der Waals surface area contributed by atoms with Gasteiger partial charge in [-0.05, 0) is 98.9 Å². The molecular formula is C27H23Br2NO4S. The minimum Gasteiger partial charge on any atom is -0.492 e. The lowest BCUT2D eigenvalue weighted by molar-refractivity contribution is -0.123. The summed E-state index contributed by atoms with van der Waals surface area (Å²) in [5, 5.41) is -0.301. The van der Waals surface area contributed by atoms with Crippen LogP contribution in [0.2, 0.25) is 0 Å². The Morgan fingerprint density at radius 3 is 2.31 bits per heavy atom. The fourth-order valence-corrected chi connectivity index (χ4v) is 5.81. The summed E-state index contributed by atoms with van der Waals surface area (Å²) < 4.78 is 13.2. The van der Waals surface area contributed by atoms with Crippen LogP contribution in [0.15, 0.2) is 74.5 Å². The smallest absolute Gasteiger partial charge is 0.293 e. The maximum absolute atomic E-state index is 12.8. The maximum atomic E-state index is 12.8. The van der Waals surface area contributed by atoms with Crippen LogP contribution in [0.5, 0.6) is 11.5 Å². The van der Waals surface area contributed by atoms with Crippen LogP contribution in [0, 0.1) is 13.8 Å². The Balaban J connectivity index is 1.40. The third kappa shape index (κ3) is 6.57. The number of carbonyl (C=O) groups excluding carboxylic acids is 2. The predicted molar refractivity (Wildman–Crippen MR) is 147 cm³/mol. The molecule has 0 bridgehead atoms. The van der Waals surface area contributed by atoms with E-state index < -0.39 is 0 Å². The van der Waals surface area contributed by atoms with Gasteiger partial charge in [0.25, 0.3) is 11.1 Å². The summed E-state index contributed by atoms with van der Waals surface area (Å²) in [6, 6.07) is 19.5. The summed E-state index contributed by atoms with van der Waals surface area (Å²) >= 11 is 8.06. The summed E-state index contributed by atoms with van der Waals surface area (Å²) in [5.41, 5.74) is 4.16. The van der Waals surface area contributed by atoms with Crippen LogP contribution in [0.1, 0.15) is 22.3 Å². The molecule has 1 heterocycles. The molecule has 1 aliphatic heterocycles. The van der Waals surface area contributed by atoms with Crippen LogP contribution in [0.3, 0.4) is 0 Å². The second-order valence-corrected chi connectivity index (χ2v) is 10.8. The molecule has 35 heavy (non-hydrogen) atoms. The van der Waals surface area contributed by atoms with Gasteiger partial charge in [0.1, 0.15) is 24.7 Å². The second-order valence-electron chi connectivity index (χ2n) is 8.09. The van der Waals surface area contributed by atoms with E-state index in [9.17, 15) is 9.59 Å². The number of thioether (sulfide) groups is 1. The Kier molecular flexibility index (Phi) is 8.36. The lowest BCUT2D eigenvalue weighted by atomic mass is 10.1. The van der Waals surface area contributed by atoms with Crippen molar-refractivity contribution in [2.75, 3.05) is 13.2 Å². The highest BCUT2D eigenvalue weighted by Crippen LogP contribution is 2.38. The number of hydrogen-bond acceptors (Lipinski definition) is 5. The topological polar surface area (TPSA) is 55.8 Å². The van der Waals surface area contributed by atoms with E-state index in [2.05, 4.69) is 37.9 Å². The van der Waals surface area contributed by atoms with E-state index in [0.29, 0.717) is 23.0 Å². The van der Waals surface area contributed by atoms with Crippen molar-refractivity contribution < 1.29 is 19.1 Å². The van der Waals surface area contributed by atoms with Gasteiger partial charge in [0.2, 0.25) is 0 Å². The molecule has 5 nitrogen and oxygen atoms in total. The molecule has 0 aliphatic carbocycles. The number of benzene rings is 3.